The number of rotatable bonds is 2. The summed E-state index contributed by atoms with van der Waals surface area (Å²) in [5.41, 5.74) is -0.328. The number of halogens is 1. The maximum atomic E-state index is 13.3. The van der Waals surface area contributed by atoms with Crippen LogP contribution in [0.3, 0.4) is 0 Å². The third-order valence-corrected chi connectivity index (χ3v) is 1.69. The second-order valence-electron chi connectivity index (χ2n) is 3.15. The summed E-state index contributed by atoms with van der Waals surface area (Å²) < 4.78 is 13.3. The number of hydrogen-bond acceptors (Lipinski definition) is 1. The molecule has 1 rings (SSSR count). The minimum absolute atomic E-state index is 0.447. The average molecular weight is 165 g/mol. The first-order valence-electron chi connectivity index (χ1n) is 3.71. The van der Waals surface area contributed by atoms with Gasteiger partial charge in [0.05, 0.1) is 0 Å². The van der Waals surface area contributed by atoms with E-state index in [1.165, 1.54) is 13.8 Å². The molecule has 0 aliphatic heterocycles. The van der Waals surface area contributed by atoms with Crippen molar-refractivity contribution >= 4 is 6.29 Å². The van der Waals surface area contributed by atoms with Crippen molar-refractivity contribution in [2.24, 2.45) is 0 Å². The van der Waals surface area contributed by atoms with E-state index in [0.717, 1.165) is 0 Å². The lowest BCUT2D eigenvalue weighted by molar-refractivity contribution is 0.221. The van der Waals surface area contributed by atoms with Gasteiger partial charge in [-0.3, -0.25) is 4.79 Å². The number of benzene rings is 1. The Kier molecular flexibility index (Phi) is 2.27. The van der Waals surface area contributed by atoms with Crippen LogP contribution < -0.4 is 0 Å². The van der Waals surface area contributed by atoms with Crippen molar-refractivity contribution < 1.29 is 9.18 Å². The van der Waals surface area contributed by atoms with Gasteiger partial charge in [0.25, 0.3) is 0 Å². The molecule has 1 aromatic carbocycles. The van der Waals surface area contributed by atoms with Crippen LogP contribution in [0.5, 0.6) is 0 Å². The standard InChI is InChI=1S/C10H10FO/c1-10(2,11)9-5-3-8(7-12)4-6-9/h3-6H,1-2H3. The van der Waals surface area contributed by atoms with Crippen LogP contribution in [0.25, 0.3) is 0 Å². The molecule has 0 fully saturated rings. The third-order valence-electron chi connectivity index (χ3n) is 1.69. The first kappa shape index (κ1) is 8.91. The van der Waals surface area contributed by atoms with Crippen molar-refractivity contribution in [1.29, 1.82) is 0 Å². The third kappa shape index (κ3) is 1.91. The van der Waals surface area contributed by atoms with Crippen LogP contribution in [0.2, 0.25) is 0 Å². The molecule has 1 nitrogen and oxygen atoms in total. The van der Waals surface area contributed by atoms with E-state index in [1.807, 2.05) is 0 Å². The molecule has 0 amide bonds. The molecule has 0 N–H and O–H groups in total. The summed E-state index contributed by atoms with van der Waals surface area (Å²) in [4.78, 5) is 10.1. The Labute approximate surface area is 71.2 Å². The topological polar surface area (TPSA) is 17.1 Å². The molecule has 0 unspecified atom stereocenters. The van der Waals surface area contributed by atoms with Crippen LogP contribution in [-0.4, -0.2) is 6.29 Å². The van der Waals surface area contributed by atoms with Gasteiger partial charge in [-0.15, -0.1) is 0 Å². The normalized spacial score (nSPS) is 11.2. The van der Waals surface area contributed by atoms with Gasteiger partial charge in [-0.25, -0.2) is 4.39 Å². The molecule has 0 saturated heterocycles. The molecule has 63 valence electrons. The van der Waals surface area contributed by atoms with Gasteiger partial charge in [0.2, 0.25) is 6.29 Å². The fourth-order valence-electron chi connectivity index (χ4n) is 0.935. The monoisotopic (exact) mass is 165 g/mol. The summed E-state index contributed by atoms with van der Waals surface area (Å²) in [7, 11) is 0. The molecule has 0 bridgehead atoms. The zero-order chi connectivity index (χ0) is 9.19. The van der Waals surface area contributed by atoms with Gasteiger partial charge in [-0.1, -0.05) is 24.3 Å². The van der Waals surface area contributed by atoms with E-state index < -0.39 is 5.67 Å². The summed E-state index contributed by atoms with van der Waals surface area (Å²) in [5.74, 6) is 0. The summed E-state index contributed by atoms with van der Waals surface area (Å²) in [6.07, 6.45) is 1.73. The highest BCUT2D eigenvalue weighted by atomic mass is 19.1. The van der Waals surface area contributed by atoms with Crippen molar-refractivity contribution in [3.8, 4) is 0 Å². The van der Waals surface area contributed by atoms with Crippen LogP contribution in [0, 0.1) is 0 Å². The molecule has 0 aliphatic rings. The maximum Gasteiger partial charge on any atom is 0.233 e. The van der Waals surface area contributed by atoms with E-state index in [-0.39, 0.29) is 0 Å². The fraction of sp³-hybridized carbons (Fsp3) is 0.300. The lowest BCUT2D eigenvalue weighted by Gasteiger charge is -2.13. The van der Waals surface area contributed by atoms with Gasteiger partial charge >= 0.3 is 0 Å². The van der Waals surface area contributed by atoms with E-state index in [1.54, 1.807) is 30.6 Å². The van der Waals surface area contributed by atoms with Crippen LogP contribution >= 0.6 is 0 Å². The Morgan fingerprint density at radius 1 is 1.25 bits per heavy atom. The van der Waals surface area contributed by atoms with Crippen molar-refractivity contribution in [2.75, 3.05) is 0 Å². The van der Waals surface area contributed by atoms with Crippen molar-refractivity contribution in [2.45, 2.75) is 19.5 Å². The number of carbonyl (C=O) groups excluding carboxylic acids is 1. The predicted molar refractivity (Wildman–Crippen MR) is 45.4 cm³/mol. The lowest BCUT2D eigenvalue weighted by atomic mass is 9.99. The van der Waals surface area contributed by atoms with Crippen molar-refractivity contribution in [3.63, 3.8) is 0 Å². The molecular formula is C10H10FO. The van der Waals surface area contributed by atoms with Gasteiger partial charge in [0.1, 0.15) is 5.67 Å². The van der Waals surface area contributed by atoms with E-state index in [4.69, 9.17) is 0 Å². The summed E-state index contributed by atoms with van der Waals surface area (Å²) in [6.45, 7) is 2.96. The zero-order valence-electron chi connectivity index (χ0n) is 7.10. The Bertz CT molecular complexity index is 269. The second-order valence-corrected chi connectivity index (χ2v) is 3.15. The lowest BCUT2D eigenvalue weighted by Crippen LogP contribution is -2.08. The zero-order valence-corrected chi connectivity index (χ0v) is 7.10. The van der Waals surface area contributed by atoms with Crippen LogP contribution in [0.1, 0.15) is 25.0 Å². The molecule has 0 saturated carbocycles. The Morgan fingerprint density at radius 2 is 1.75 bits per heavy atom. The smallest absolute Gasteiger partial charge is 0.233 e. The molecule has 1 aromatic rings. The predicted octanol–water partition coefficient (Wildman–Crippen LogP) is 2.35. The summed E-state index contributed by atoms with van der Waals surface area (Å²) in [5, 5.41) is 0. The molecule has 0 aromatic heterocycles. The van der Waals surface area contributed by atoms with Gasteiger partial charge in [0.15, 0.2) is 0 Å². The van der Waals surface area contributed by atoms with Crippen LogP contribution in [0.4, 0.5) is 4.39 Å². The van der Waals surface area contributed by atoms with Gasteiger partial charge < -0.3 is 0 Å². The van der Waals surface area contributed by atoms with Crippen LogP contribution in [0.15, 0.2) is 24.3 Å². The summed E-state index contributed by atoms with van der Waals surface area (Å²) >= 11 is 0. The first-order valence-corrected chi connectivity index (χ1v) is 3.71. The molecule has 2 heteroatoms. The molecule has 12 heavy (non-hydrogen) atoms. The number of hydrogen-bond donors (Lipinski definition) is 0. The quantitative estimate of drug-likeness (QED) is 0.657. The minimum Gasteiger partial charge on any atom is -0.285 e. The van der Waals surface area contributed by atoms with Crippen molar-refractivity contribution in [3.05, 3.63) is 35.4 Å². The average Bonchev–Trinajstić information content (AvgIpc) is 2.03. The Morgan fingerprint density at radius 3 is 2.08 bits per heavy atom. The summed E-state index contributed by atoms with van der Waals surface area (Å²) in [6, 6.07) is 6.31. The highest BCUT2D eigenvalue weighted by Gasteiger charge is 2.17. The molecule has 0 spiro atoms. The SMILES string of the molecule is CC(C)(F)c1ccc([C]=O)cc1. The van der Waals surface area contributed by atoms with Gasteiger partial charge in [-0.05, 0) is 19.4 Å². The molecule has 0 atom stereocenters. The van der Waals surface area contributed by atoms with E-state index in [2.05, 4.69) is 0 Å². The minimum atomic E-state index is -1.35. The Balaban J connectivity index is 3.00. The second kappa shape index (κ2) is 3.05. The highest BCUT2D eigenvalue weighted by Crippen LogP contribution is 2.23. The highest BCUT2D eigenvalue weighted by molar-refractivity contribution is 5.75. The van der Waals surface area contributed by atoms with E-state index in [0.29, 0.717) is 11.1 Å². The van der Waals surface area contributed by atoms with E-state index in [9.17, 15) is 9.18 Å². The van der Waals surface area contributed by atoms with Crippen LogP contribution in [-0.2, 0) is 10.5 Å². The molecule has 0 heterocycles. The first-order chi connectivity index (χ1) is 5.54. The largest absolute Gasteiger partial charge is 0.285 e. The Hall–Kier alpha value is -1.18. The van der Waals surface area contributed by atoms with Gasteiger partial charge in [0, 0.05) is 5.56 Å². The fourth-order valence-corrected chi connectivity index (χ4v) is 0.935. The number of alkyl halides is 1. The van der Waals surface area contributed by atoms with E-state index >= 15 is 0 Å². The maximum absolute atomic E-state index is 13.3. The molecular weight excluding hydrogens is 155 g/mol. The van der Waals surface area contributed by atoms with Crippen molar-refractivity contribution in [1.82, 2.24) is 0 Å². The molecule has 1 radical (unpaired) electrons. The van der Waals surface area contributed by atoms with Gasteiger partial charge in [-0.2, -0.15) is 0 Å². The molecule has 0 aliphatic carbocycles.